The molecule has 0 radical (unpaired) electrons. The van der Waals surface area contributed by atoms with E-state index in [1.165, 1.54) is 6.07 Å². The second-order valence-electron chi connectivity index (χ2n) is 1.56. The van der Waals surface area contributed by atoms with Crippen LogP contribution in [0.25, 0.3) is 0 Å². The molecule has 0 saturated carbocycles. The minimum atomic E-state index is -0.213. The molecule has 0 unspecified atom stereocenters. The Balaban J connectivity index is 3.17. The van der Waals surface area contributed by atoms with Gasteiger partial charge in [-0.2, -0.15) is 0 Å². The lowest BCUT2D eigenvalue weighted by atomic mass is 10.4. The number of hydrogen-bond donors (Lipinski definition) is 0. The molecule has 1 aromatic rings. The molecular weight excluding hydrogens is 298 g/mol. The third-order valence-corrected chi connectivity index (χ3v) is 2.16. The second kappa shape index (κ2) is 2.96. The van der Waals surface area contributed by atoms with E-state index in [0.29, 0.717) is 4.47 Å². The predicted molar refractivity (Wildman–Crippen MR) is 46.8 cm³/mol. The molecule has 0 aliphatic heterocycles. The lowest BCUT2D eigenvalue weighted by Gasteiger charge is -1.92. The highest BCUT2D eigenvalue weighted by Crippen LogP contribution is 2.17. The molecule has 0 saturated heterocycles. The molecular formula is C6H3BrFI. The number of halogens is 3. The molecule has 9 heavy (non-hydrogen) atoms. The second-order valence-corrected chi connectivity index (χ2v) is 3.66. The Hall–Kier alpha value is 0.360. The van der Waals surface area contributed by atoms with Crippen LogP contribution in [0.3, 0.4) is 0 Å². The molecule has 0 amide bonds. The molecule has 0 heterocycles. The normalized spacial score (nSPS) is 9.67. The van der Waals surface area contributed by atoms with E-state index >= 15 is 0 Å². The van der Waals surface area contributed by atoms with Crippen LogP contribution in [0.1, 0.15) is 0 Å². The van der Waals surface area contributed by atoms with Gasteiger partial charge in [-0.15, -0.1) is 0 Å². The summed E-state index contributed by atoms with van der Waals surface area (Å²) in [4.78, 5) is 0. The molecule has 0 atom stereocenters. The standard InChI is InChI=1S/C6H3BrFI/c7-5-3-4(9)1-2-6(5)8/h1-3H. The maximum atomic E-state index is 12.4. The van der Waals surface area contributed by atoms with Gasteiger partial charge in [-0.1, -0.05) is 0 Å². The summed E-state index contributed by atoms with van der Waals surface area (Å²) in [5, 5.41) is 0. The third-order valence-electron chi connectivity index (χ3n) is 0.882. The molecule has 1 rings (SSSR count). The first-order valence-electron chi connectivity index (χ1n) is 2.30. The van der Waals surface area contributed by atoms with Crippen LogP contribution in [-0.4, -0.2) is 0 Å². The monoisotopic (exact) mass is 300 g/mol. The van der Waals surface area contributed by atoms with Gasteiger partial charge in [-0.05, 0) is 56.7 Å². The lowest BCUT2D eigenvalue weighted by Crippen LogP contribution is -1.76. The van der Waals surface area contributed by atoms with Crippen LogP contribution in [0.15, 0.2) is 22.7 Å². The van der Waals surface area contributed by atoms with Crippen molar-refractivity contribution in [3.05, 3.63) is 32.1 Å². The molecule has 0 aromatic heterocycles. The maximum Gasteiger partial charge on any atom is 0.137 e. The van der Waals surface area contributed by atoms with Gasteiger partial charge in [0.05, 0.1) is 4.47 Å². The minimum absolute atomic E-state index is 0.213. The van der Waals surface area contributed by atoms with Crippen LogP contribution < -0.4 is 0 Å². The first kappa shape index (κ1) is 7.47. The molecule has 0 aliphatic carbocycles. The Labute approximate surface area is 74.7 Å². The molecule has 48 valence electrons. The van der Waals surface area contributed by atoms with Crippen molar-refractivity contribution >= 4 is 38.5 Å². The van der Waals surface area contributed by atoms with Crippen LogP contribution in [0.5, 0.6) is 0 Å². The number of rotatable bonds is 0. The van der Waals surface area contributed by atoms with E-state index in [0.717, 1.165) is 3.57 Å². The van der Waals surface area contributed by atoms with Gasteiger partial charge >= 0.3 is 0 Å². The van der Waals surface area contributed by atoms with Gasteiger partial charge in [0.2, 0.25) is 0 Å². The van der Waals surface area contributed by atoms with Crippen molar-refractivity contribution in [1.82, 2.24) is 0 Å². The molecule has 3 heteroatoms. The SMILES string of the molecule is Fc1ccc(I)cc1Br. The van der Waals surface area contributed by atoms with Crippen LogP contribution in [0, 0.1) is 9.39 Å². The van der Waals surface area contributed by atoms with E-state index in [9.17, 15) is 4.39 Å². The summed E-state index contributed by atoms with van der Waals surface area (Å²) in [7, 11) is 0. The molecule has 0 bridgehead atoms. The Morgan fingerprint density at radius 1 is 1.44 bits per heavy atom. The van der Waals surface area contributed by atoms with E-state index in [1.54, 1.807) is 12.1 Å². The smallest absolute Gasteiger partial charge is 0.137 e. The highest BCUT2D eigenvalue weighted by atomic mass is 127. The molecule has 0 spiro atoms. The largest absolute Gasteiger partial charge is 0.206 e. The predicted octanol–water partition coefficient (Wildman–Crippen LogP) is 3.19. The van der Waals surface area contributed by atoms with Gasteiger partial charge in [-0.3, -0.25) is 0 Å². The van der Waals surface area contributed by atoms with Crippen molar-refractivity contribution in [3.63, 3.8) is 0 Å². The van der Waals surface area contributed by atoms with Crippen molar-refractivity contribution in [2.24, 2.45) is 0 Å². The zero-order valence-electron chi connectivity index (χ0n) is 4.37. The molecule has 1 aromatic carbocycles. The first-order chi connectivity index (χ1) is 4.20. The van der Waals surface area contributed by atoms with Crippen molar-refractivity contribution in [2.75, 3.05) is 0 Å². The Morgan fingerprint density at radius 3 is 2.56 bits per heavy atom. The molecule has 0 fully saturated rings. The molecule has 0 aliphatic rings. The fourth-order valence-electron chi connectivity index (χ4n) is 0.470. The molecule has 0 nitrogen and oxygen atoms in total. The summed E-state index contributed by atoms with van der Waals surface area (Å²) in [6.07, 6.45) is 0. The van der Waals surface area contributed by atoms with Gasteiger partial charge in [0.15, 0.2) is 0 Å². The maximum absolute atomic E-state index is 12.4. The summed E-state index contributed by atoms with van der Waals surface area (Å²) in [5.74, 6) is -0.213. The minimum Gasteiger partial charge on any atom is -0.206 e. The average Bonchev–Trinajstić information content (AvgIpc) is 1.80. The average molecular weight is 301 g/mol. The zero-order chi connectivity index (χ0) is 6.85. The van der Waals surface area contributed by atoms with Gasteiger partial charge in [0, 0.05) is 3.57 Å². The quantitative estimate of drug-likeness (QED) is 0.510. The highest BCUT2D eigenvalue weighted by Gasteiger charge is 1.95. The van der Waals surface area contributed by atoms with Crippen LogP contribution in [0.2, 0.25) is 0 Å². The Morgan fingerprint density at radius 2 is 2.11 bits per heavy atom. The van der Waals surface area contributed by atoms with E-state index in [-0.39, 0.29) is 5.82 Å². The molecule has 0 N–H and O–H groups in total. The Kier molecular flexibility index (Phi) is 2.46. The van der Waals surface area contributed by atoms with E-state index in [4.69, 9.17) is 0 Å². The fraction of sp³-hybridized carbons (Fsp3) is 0. The topological polar surface area (TPSA) is 0 Å². The highest BCUT2D eigenvalue weighted by molar-refractivity contribution is 14.1. The van der Waals surface area contributed by atoms with Gasteiger partial charge in [0.1, 0.15) is 5.82 Å². The van der Waals surface area contributed by atoms with Crippen molar-refractivity contribution in [3.8, 4) is 0 Å². The van der Waals surface area contributed by atoms with Gasteiger partial charge in [-0.25, -0.2) is 4.39 Å². The van der Waals surface area contributed by atoms with Crippen molar-refractivity contribution in [1.29, 1.82) is 0 Å². The lowest BCUT2D eigenvalue weighted by molar-refractivity contribution is 0.621. The summed E-state index contributed by atoms with van der Waals surface area (Å²) in [5.41, 5.74) is 0. The van der Waals surface area contributed by atoms with E-state index in [2.05, 4.69) is 38.5 Å². The summed E-state index contributed by atoms with van der Waals surface area (Å²) < 4.78 is 14.0. The van der Waals surface area contributed by atoms with E-state index in [1.807, 2.05) is 0 Å². The van der Waals surface area contributed by atoms with E-state index < -0.39 is 0 Å². The van der Waals surface area contributed by atoms with Crippen molar-refractivity contribution in [2.45, 2.75) is 0 Å². The number of benzene rings is 1. The summed E-state index contributed by atoms with van der Waals surface area (Å²) >= 11 is 5.19. The van der Waals surface area contributed by atoms with Crippen LogP contribution >= 0.6 is 38.5 Å². The third kappa shape index (κ3) is 1.89. The summed E-state index contributed by atoms with van der Waals surface area (Å²) in [6, 6.07) is 4.89. The fourth-order valence-corrected chi connectivity index (χ4v) is 1.77. The van der Waals surface area contributed by atoms with Crippen molar-refractivity contribution < 1.29 is 4.39 Å². The zero-order valence-corrected chi connectivity index (χ0v) is 8.11. The number of hydrogen-bond acceptors (Lipinski definition) is 0. The van der Waals surface area contributed by atoms with Gasteiger partial charge in [0.25, 0.3) is 0 Å². The Bertz CT molecular complexity index is 224. The van der Waals surface area contributed by atoms with Crippen LogP contribution in [-0.2, 0) is 0 Å². The van der Waals surface area contributed by atoms with Gasteiger partial charge < -0.3 is 0 Å². The first-order valence-corrected chi connectivity index (χ1v) is 4.18. The summed E-state index contributed by atoms with van der Waals surface area (Å²) in [6.45, 7) is 0. The van der Waals surface area contributed by atoms with Crippen LogP contribution in [0.4, 0.5) is 4.39 Å².